The van der Waals surface area contributed by atoms with Gasteiger partial charge in [-0.3, -0.25) is 4.79 Å². The van der Waals surface area contributed by atoms with Crippen LogP contribution >= 0.6 is 23.4 Å². The summed E-state index contributed by atoms with van der Waals surface area (Å²) in [4.78, 5) is 19.0. The molecule has 4 aromatic rings. The number of rotatable bonds is 7. The van der Waals surface area contributed by atoms with Crippen molar-refractivity contribution >= 4 is 40.2 Å². The predicted octanol–water partition coefficient (Wildman–Crippen LogP) is 5.34. The van der Waals surface area contributed by atoms with E-state index >= 15 is 0 Å². The van der Waals surface area contributed by atoms with E-state index in [1.54, 1.807) is 0 Å². The third kappa shape index (κ3) is 5.24. The lowest BCUT2D eigenvalue weighted by Crippen LogP contribution is -2.40. The number of thioether (sulfide) groups is 1. The van der Waals surface area contributed by atoms with Crippen molar-refractivity contribution in [3.05, 3.63) is 59.6 Å². The number of halogens is 1. The minimum atomic E-state index is 0.174. The average molecular weight is 495 g/mol. The van der Waals surface area contributed by atoms with Gasteiger partial charge in [0.1, 0.15) is 0 Å². The third-order valence-corrected chi connectivity index (χ3v) is 6.77. The fourth-order valence-electron chi connectivity index (χ4n) is 3.85. The summed E-state index contributed by atoms with van der Waals surface area (Å²) in [6.45, 7) is 2.59. The van der Waals surface area contributed by atoms with Gasteiger partial charge in [-0.05, 0) is 30.7 Å². The fourth-order valence-corrected chi connectivity index (χ4v) is 4.68. The van der Waals surface area contributed by atoms with Crippen molar-refractivity contribution in [1.29, 1.82) is 0 Å². The Kier molecular flexibility index (Phi) is 7.08. The molecule has 0 saturated carbocycles. The Morgan fingerprint density at radius 1 is 1.06 bits per heavy atom. The van der Waals surface area contributed by atoms with E-state index in [1.165, 1.54) is 11.8 Å². The topological polar surface area (TPSA) is 81.3 Å². The number of aromatic nitrogens is 3. The van der Waals surface area contributed by atoms with Gasteiger partial charge in [0.2, 0.25) is 11.8 Å². The summed E-state index contributed by atoms with van der Waals surface area (Å²) in [7, 11) is 0. The first-order chi connectivity index (χ1) is 16.7. The number of ether oxygens (including phenoxy) is 1. The molecule has 2 aromatic heterocycles. The molecular weight excluding hydrogens is 472 g/mol. The second kappa shape index (κ2) is 10.5. The molecule has 174 valence electrons. The Morgan fingerprint density at radius 3 is 2.68 bits per heavy atom. The number of hydrogen-bond acceptors (Lipinski definition) is 7. The molecule has 1 amide bonds. The molecular formula is C25H23ClN4O3S. The van der Waals surface area contributed by atoms with E-state index in [2.05, 4.69) is 10.2 Å². The first kappa shape index (κ1) is 22.8. The SMILES string of the molecule is O=C(CCCSc1nnc(-c2cc(-c3ccc(Cl)cc3)nc3ccccc23)o1)N1CCOCC1. The Morgan fingerprint density at radius 2 is 1.85 bits per heavy atom. The van der Waals surface area contributed by atoms with Crippen LogP contribution in [0.4, 0.5) is 0 Å². The van der Waals surface area contributed by atoms with Gasteiger partial charge in [-0.1, -0.05) is 53.7 Å². The molecule has 1 fully saturated rings. The summed E-state index contributed by atoms with van der Waals surface area (Å²) in [6, 6.07) is 17.4. The van der Waals surface area contributed by atoms with Crippen LogP contribution in [0.5, 0.6) is 0 Å². The molecule has 2 aromatic carbocycles. The van der Waals surface area contributed by atoms with Crippen molar-refractivity contribution < 1.29 is 13.9 Å². The molecule has 3 heterocycles. The molecule has 1 aliphatic heterocycles. The Bertz CT molecular complexity index is 1290. The number of pyridine rings is 1. The van der Waals surface area contributed by atoms with Gasteiger partial charge in [0.05, 0.1) is 30.0 Å². The van der Waals surface area contributed by atoms with Crippen LogP contribution in [0.1, 0.15) is 12.8 Å². The monoisotopic (exact) mass is 494 g/mol. The van der Waals surface area contributed by atoms with Crippen molar-refractivity contribution in [2.75, 3.05) is 32.1 Å². The van der Waals surface area contributed by atoms with Gasteiger partial charge >= 0.3 is 0 Å². The van der Waals surface area contributed by atoms with Gasteiger partial charge in [-0.2, -0.15) is 0 Å². The highest BCUT2D eigenvalue weighted by Crippen LogP contribution is 2.33. The van der Waals surface area contributed by atoms with Crippen molar-refractivity contribution in [2.45, 2.75) is 18.1 Å². The average Bonchev–Trinajstić information content (AvgIpc) is 3.35. The number of nitrogens with zero attached hydrogens (tertiary/aromatic N) is 4. The van der Waals surface area contributed by atoms with E-state index in [-0.39, 0.29) is 5.91 Å². The fraction of sp³-hybridized carbons (Fsp3) is 0.280. The zero-order valence-electron chi connectivity index (χ0n) is 18.4. The maximum absolute atomic E-state index is 12.3. The lowest BCUT2D eigenvalue weighted by atomic mass is 10.0. The molecule has 5 rings (SSSR count). The summed E-state index contributed by atoms with van der Waals surface area (Å²) in [5, 5.41) is 10.6. The molecule has 9 heteroatoms. The van der Waals surface area contributed by atoms with Crippen molar-refractivity contribution in [3.63, 3.8) is 0 Å². The molecule has 0 spiro atoms. The summed E-state index contributed by atoms with van der Waals surface area (Å²) in [6.07, 6.45) is 1.25. The standard InChI is InChI=1S/C25H23ClN4O3S/c26-18-9-7-17(8-10-18)22-16-20(19-4-1-2-5-21(19)27-22)24-28-29-25(33-24)34-15-3-6-23(31)30-11-13-32-14-12-30/h1-2,4-5,7-10,16H,3,6,11-15H2. The second-order valence-corrected chi connectivity index (χ2v) is 9.38. The van der Waals surface area contributed by atoms with E-state index in [1.807, 2.05) is 59.5 Å². The summed E-state index contributed by atoms with van der Waals surface area (Å²) < 4.78 is 11.3. The molecule has 34 heavy (non-hydrogen) atoms. The minimum Gasteiger partial charge on any atom is -0.411 e. The molecule has 7 nitrogen and oxygen atoms in total. The molecule has 0 bridgehead atoms. The summed E-state index contributed by atoms with van der Waals surface area (Å²) in [5.41, 5.74) is 3.44. The van der Waals surface area contributed by atoms with Gasteiger partial charge in [0.15, 0.2) is 0 Å². The quantitative estimate of drug-likeness (QED) is 0.253. The third-order valence-electron chi connectivity index (χ3n) is 5.62. The molecule has 0 aliphatic carbocycles. The van der Waals surface area contributed by atoms with Crippen LogP contribution in [0.25, 0.3) is 33.6 Å². The number of hydrogen-bond donors (Lipinski definition) is 0. The first-order valence-electron chi connectivity index (χ1n) is 11.2. The van der Waals surface area contributed by atoms with Gasteiger partial charge in [-0.15, -0.1) is 10.2 Å². The molecule has 0 N–H and O–H groups in total. The summed E-state index contributed by atoms with van der Waals surface area (Å²) in [5.74, 6) is 1.35. The smallest absolute Gasteiger partial charge is 0.276 e. The zero-order chi connectivity index (χ0) is 23.3. The van der Waals surface area contributed by atoms with Crippen molar-refractivity contribution in [3.8, 4) is 22.7 Å². The highest BCUT2D eigenvalue weighted by atomic mass is 35.5. The Balaban J connectivity index is 1.30. The number of benzene rings is 2. The predicted molar refractivity (Wildman–Crippen MR) is 133 cm³/mol. The van der Waals surface area contributed by atoms with Gasteiger partial charge in [0.25, 0.3) is 5.22 Å². The normalized spacial score (nSPS) is 14.0. The number of amides is 1. The van der Waals surface area contributed by atoms with Crippen LogP contribution in [0, 0.1) is 0 Å². The van der Waals surface area contributed by atoms with Crippen LogP contribution in [0.3, 0.4) is 0 Å². The number of carbonyl (C=O) groups excluding carboxylic acids is 1. The van der Waals surface area contributed by atoms with Gasteiger partial charge in [0, 0.05) is 41.2 Å². The molecule has 0 unspecified atom stereocenters. The molecule has 1 saturated heterocycles. The van der Waals surface area contributed by atoms with Crippen LogP contribution < -0.4 is 0 Å². The zero-order valence-corrected chi connectivity index (χ0v) is 20.0. The molecule has 0 atom stereocenters. The van der Waals surface area contributed by atoms with Crippen LogP contribution in [-0.2, 0) is 9.53 Å². The Labute approximate surface area is 206 Å². The lowest BCUT2D eigenvalue weighted by molar-refractivity contribution is -0.135. The number of morpholine rings is 1. The van der Waals surface area contributed by atoms with Crippen LogP contribution in [0.15, 0.2) is 64.2 Å². The van der Waals surface area contributed by atoms with E-state index in [0.717, 1.165) is 39.9 Å². The largest absolute Gasteiger partial charge is 0.411 e. The number of carbonyl (C=O) groups is 1. The Hall–Kier alpha value is -2.94. The van der Waals surface area contributed by atoms with Crippen LogP contribution in [-0.4, -0.2) is 58.0 Å². The number of para-hydroxylation sites is 1. The van der Waals surface area contributed by atoms with E-state index in [4.69, 9.17) is 25.7 Å². The van der Waals surface area contributed by atoms with E-state index in [9.17, 15) is 4.79 Å². The maximum Gasteiger partial charge on any atom is 0.276 e. The molecule has 0 radical (unpaired) electrons. The van der Waals surface area contributed by atoms with Gasteiger partial charge in [-0.25, -0.2) is 4.98 Å². The molecule has 1 aliphatic rings. The first-order valence-corrected chi connectivity index (χ1v) is 12.5. The van der Waals surface area contributed by atoms with Gasteiger partial charge < -0.3 is 14.1 Å². The van der Waals surface area contributed by atoms with Crippen LogP contribution in [0.2, 0.25) is 5.02 Å². The summed E-state index contributed by atoms with van der Waals surface area (Å²) >= 11 is 7.52. The van der Waals surface area contributed by atoms with E-state index in [0.29, 0.717) is 48.9 Å². The number of fused-ring (bicyclic) bond motifs is 1. The second-order valence-electron chi connectivity index (χ2n) is 7.90. The van der Waals surface area contributed by atoms with Crippen molar-refractivity contribution in [2.24, 2.45) is 0 Å². The lowest BCUT2D eigenvalue weighted by Gasteiger charge is -2.26. The van der Waals surface area contributed by atoms with E-state index < -0.39 is 0 Å². The highest BCUT2D eigenvalue weighted by Gasteiger charge is 2.18. The minimum absolute atomic E-state index is 0.174. The van der Waals surface area contributed by atoms with Crippen molar-refractivity contribution in [1.82, 2.24) is 20.1 Å². The highest BCUT2D eigenvalue weighted by molar-refractivity contribution is 7.99. The maximum atomic E-state index is 12.3.